The molecule has 24 heavy (non-hydrogen) atoms. The van der Waals surface area contributed by atoms with Crippen molar-refractivity contribution in [2.75, 3.05) is 59.4 Å². The van der Waals surface area contributed by atoms with Gasteiger partial charge in [-0.05, 0) is 44.8 Å². The van der Waals surface area contributed by atoms with Gasteiger partial charge in [-0.15, -0.1) is 24.0 Å². The van der Waals surface area contributed by atoms with Gasteiger partial charge in [0.25, 0.3) is 0 Å². The van der Waals surface area contributed by atoms with Crippen LogP contribution in [0.15, 0.2) is 4.99 Å². The fourth-order valence-electron chi connectivity index (χ4n) is 2.70. The summed E-state index contributed by atoms with van der Waals surface area (Å²) in [4.78, 5) is 7.09. The predicted octanol–water partition coefficient (Wildman–Crippen LogP) is 2.84. The molecule has 0 radical (unpaired) electrons. The van der Waals surface area contributed by atoms with Crippen LogP contribution < -0.4 is 5.32 Å². The van der Waals surface area contributed by atoms with E-state index < -0.39 is 0 Å². The Morgan fingerprint density at radius 2 is 2.08 bits per heavy atom. The lowest BCUT2D eigenvalue weighted by Gasteiger charge is -2.34. The summed E-state index contributed by atoms with van der Waals surface area (Å²) in [5, 5.41) is 3.41. The Morgan fingerprint density at radius 1 is 1.38 bits per heavy atom. The van der Waals surface area contributed by atoms with Gasteiger partial charge in [0.1, 0.15) is 0 Å². The summed E-state index contributed by atoms with van der Waals surface area (Å²) in [5.41, 5.74) is 0. The zero-order chi connectivity index (χ0) is 16.5. The number of guanidine groups is 1. The third kappa shape index (κ3) is 7.66. The third-order valence-electron chi connectivity index (χ3n) is 4.67. The van der Waals surface area contributed by atoms with Crippen LogP contribution >= 0.6 is 35.7 Å². The number of ether oxygens (including phenoxy) is 2. The van der Waals surface area contributed by atoms with Gasteiger partial charge in [0.15, 0.2) is 5.96 Å². The number of aliphatic imine (C=N–C) groups is 1. The smallest absolute Gasteiger partial charge is 0.193 e. The second-order valence-corrected chi connectivity index (χ2v) is 7.88. The molecular weight excluding hydrogens is 437 g/mol. The molecule has 0 amide bonds. The Morgan fingerprint density at radius 3 is 2.67 bits per heavy atom. The Kier molecular flexibility index (Phi) is 11.0. The fourth-order valence-corrected chi connectivity index (χ4v) is 3.47. The van der Waals surface area contributed by atoms with E-state index in [1.165, 1.54) is 12.8 Å². The van der Waals surface area contributed by atoms with E-state index in [2.05, 4.69) is 30.4 Å². The highest BCUT2D eigenvalue weighted by Crippen LogP contribution is 2.34. The molecule has 0 unspecified atom stereocenters. The van der Waals surface area contributed by atoms with E-state index >= 15 is 0 Å². The maximum Gasteiger partial charge on any atom is 0.193 e. The molecule has 142 valence electrons. The average Bonchev–Trinajstić information content (AvgIpc) is 3.40. The molecule has 1 saturated heterocycles. The molecule has 0 atom stereocenters. The van der Waals surface area contributed by atoms with Gasteiger partial charge >= 0.3 is 0 Å². The van der Waals surface area contributed by atoms with E-state index in [1.54, 1.807) is 0 Å². The molecule has 2 aliphatic rings. The maximum atomic E-state index is 5.75. The van der Waals surface area contributed by atoms with Crippen LogP contribution in [0.1, 0.15) is 32.6 Å². The quantitative estimate of drug-likeness (QED) is 0.243. The van der Waals surface area contributed by atoms with E-state index in [-0.39, 0.29) is 28.7 Å². The molecule has 1 N–H and O–H groups in total. The Hall–Kier alpha value is 0.270. The van der Waals surface area contributed by atoms with Crippen molar-refractivity contribution in [3.05, 3.63) is 0 Å². The van der Waals surface area contributed by atoms with Crippen molar-refractivity contribution in [3.8, 4) is 0 Å². The largest absolute Gasteiger partial charge is 0.381 e. The zero-order valence-electron chi connectivity index (χ0n) is 15.4. The Labute approximate surface area is 168 Å². The normalized spacial score (nSPS) is 20.4. The van der Waals surface area contributed by atoms with Gasteiger partial charge in [-0.1, -0.05) is 0 Å². The summed E-state index contributed by atoms with van der Waals surface area (Å²) >= 11 is 1.94. The van der Waals surface area contributed by atoms with Gasteiger partial charge < -0.3 is 19.7 Å². The minimum atomic E-state index is 0. The van der Waals surface area contributed by atoms with Crippen molar-refractivity contribution in [3.63, 3.8) is 0 Å². The van der Waals surface area contributed by atoms with Gasteiger partial charge in [-0.3, -0.25) is 4.99 Å². The summed E-state index contributed by atoms with van der Waals surface area (Å²) in [6.07, 6.45) is 7.07. The number of hydrogen-bond acceptors (Lipinski definition) is 4. The summed E-state index contributed by atoms with van der Waals surface area (Å²) in [5.74, 6) is 1.82. The molecule has 2 fully saturated rings. The Balaban J connectivity index is 0.00000288. The van der Waals surface area contributed by atoms with Gasteiger partial charge in [-0.2, -0.15) is 11.8 Å². The van der Waals surface area contributed by atoms with Crippen LogP contribution in [0, 0.1) is 5.92 Å². The molecule has 1 aliphatic carbocycles. The topological polar surface area (TPSA) is 46.1 Å². The molecule has 2 rings (SSSR count). The SMILES string of the molecule is CCNC(=NCC1(SC)CCOCC1)N(C)CCOCC1CC1.I. The fraction of sp³-hybridized carbons (Fsp3) is 0.941. The van der Waals surface area contributed by atoms with Crippen LogP contribution in [0.5, 0.6) is 0 Å². The van der Waals surface area contributed by atoms with Crippen molar-refractivity contribution < 1.29 is 9.47 Å². The van der Waals surface area contributed by atoms with E-state index in [9.17, 15) is 0 Å². The molecule has 0 spiro atoms. The molecule has 1 aliphatic heterocycles. The van der Waals surface area contributed by atoms with Crippen LogP contribution in [0.2, 0.25) is 0 Å². The lowest BCUT2D eigenvalue weighted by molar-refractivity contribution is 0.0793. The molecule has 1 saturated carbocycles. The number of thioether (sulfide) groups is 1. The number of rotatable bonds is 9. The van der Waals surface area contributed by atoms with Crippen molar-refractivity contribution in [1.82, 2.24) is 10.2 Å². The number of likely N-dealkylation sites (N-methyl/N-ethyl adjacent to an activating group) is 1. The van der Waals surface area contributed by atoms with Crippen molar-refractivity contribution in [1.29, 1.82) is 0 Å². The van der Waals surface area contributed by atoms with Crippen molar-refractivity contribution >= 4 is 41.7 Å². The van der Waals surface area contributed by atoms with Crippen LogP contribution in [-0.4, -0.2) is 75.0 Å². The number of nitrogens with zero attached hydrogens (tertiary/aromatic N) is 2. The summed E-state index contributed by atoms with van der Waals surface area (Å²) in [6.45, 7) is 8.17. The first kappa shape index (κ1) is 22.3. The highest BCUT2D eigenvalue weighted by atomic mass is 127. The van der Waals surface area contributed by atoms with Crippen molar-refractivity contribution in [2.24, 2.45) is 10.9 Å². The molecule has 0 bridgehead atoms. The average molecular weight is 471 g/mol. The van der Waals surface area contributed by atoms with E-state index in [4.69, 9.17) is 14.5 Å². The van der Waals surface area contributed by atoms with Crippen LogP contribution in [0.4, 0.5) is 0 Å². The van der Waals surface area contributed by atoms with Crippen LogP contribution in [0.25, 0.3) is 0 Å². The van der Waals surface area contributed by atoms with E-state index in [1.807, 2.05) is 11.8 Å². The second-order valence-electron chi connectivity index (χ2n) is 6.61. The number of halogens is 1. The van der Waals surface area contributed by atoms with Crippen LogP contribution in [0.3, 0.4) is 0 Å². The highest BCUT2D eigenvalue weighted by molar-refractivity contribution is 14.0. The first-order chi connectivity index (χ1) is 11.2. The predicted molar refractivity (Wildman–Crippen MR) is 114 cm³/mol. The summed E-state index contributed by atoms with van der Waals surface area (Å²) < 4.78 is 11.5. The second kappa shape index (κ2) is 11.8. The molecule has 1 heterocycles. The lowest BCUT2D eigenvalue weighted by atomic mass is 9.99. The van der Waals surface area contributed by atoms with Gasteiger partial charge in [-0.25, -0.2) is 0 Å². The zero-order valence-corrected chi connectivity index (χ0v) is 18.5. The number of hydrogen-bond donors (Lipinski definition) is 1. The minimum Gasteiger partial charge on any atom is -0.381 e. The number of nitrogens with one attached hydrogen (secondary N) is 1. The first-order valence-corrected chi connectivity index (χ1v) is 10.1. The highest BCUT2D eigenvalue weighted by Gasteiger charge is 2.31. The van der Waals surface area contributed by atoms with E-state index in [0.29, 0.717) is 0 Å². The third-order valence-corrected chi connectivity index (χ3v) is 6.08. The molecule has 0 aromatic heterocycles. The van der Waals surface area contributed by atoms with Gasteiger partial charge in [0.05, 0.1) is 13.2 Å². The van der Waals surface area contributed by atoms with Crippen molar-refractivity contribution in [2.45, 2.75) is 37.4 Å². The molecule has 7 heteroatoms. The molecule has 5 nitrogen and oxygen atoms in total. The van der Waals surface area contributed by atoms with Gasteiger partial charge in [0, 0.05) is 44.7 Å². The summed E-state index contributed by atoms with van der Waals surface area (Å²) in [6, 6.07) is 0. The first-order valence-electron chi connectivity index (χ1n) is 8.89. The maximum absolute atomic E-state index is 5.75. The molecular formula is C17H34IN3O2S. The Bertz CT molecular complexity index is 375. The monoisotopic (exact) mass is 471 g/mol. The lowest BCUT2D eigenvalue weighted by Crippen LogP contribution is -2.43. The molecule has 0 aromatic carbocycles. The van der Waals surface area contributed by atoms with Gasteiger partial charge in [0.2, 0.25) is 0 Å². The summed E-state index contributed by atoms with van der Waals surface area (Å²) in [7, 11) is 2.09. The molecule has 0 aromatic rings. The minimum absolute atomic E-state index is 0. The van der Waals surface area contributed by atoms with E-state index in [0.717, 1.165) is 70.8 Å². The van der Waals surface area contributed by atoms with Crippen LogP contribution in [-0.2, 0) is 9.47 Å². The standard InChI is InChI=1S/C17H33N3O2S.HI/c1-4-18-16(20(2)9-12-22-13-15-5-6-15)19-14-17(23-3)7-10-21-11-8-17;/h15H,4-14H2,1-3H3,(H,18,19);1H.